The van der Waals surface area contributed by atoms with Gasteiger partial charge in [0.2, 0.25) is 5.91 Å². The third-order valence-electron chi connectivity index (χ3n) is 4.17. The minimum Gasteiger partial charge on any atom is -0.360 e. The predicted molar refractivity (Wildman–Crippen MR) is 102 cm³/mol. The molecule has 6 nitrogen and oxygen atoms in total. The van der Waals surface area contributed by atoms with E-state index in [2.05, 4.69) is 31.2 Å². The maximum Gasteiger partial charge on any atom is 0.240 e. The Bertz CT molecular complexity index is 898. The van der Waals surface area contributed by atoms with Gasteiger partial charge in [0, 0.05) is 6.07 Å². The third kappa shape index (κ3) is 5.17. The number of hydrogen-bond acceptors (Lipinski definition) is 5. The second kappa shape index (κ2) is 7.23. The number of carbonyl (C=O) groups excluding carboxylic acids is 1. The molecule has 0 atom stereocenters. The summed E-state index contributed by atoms with van der Waals surface area (Å²) in [4.78, 5) is 12.0. The van der Waals surface area contributed by atoms with Crippen LogP contribution in [0.25, 0.3) is 0 Å². The van der Waals surface area contributed by atoms with Gasteiger partial charge in [-0.25, -0.2) is 8.42 Å². The maximum atomic E-state index is 12.5. The first kappa shape index (κ1) is 20.2. The van der Waals surface area contributed by atoms with Crippen LogP contribution in [-0.4, -0.2) is 25.2 Å². The van der Waals surface area contributed by atoms with E-state index >= 15 is 0 Å². The summed E-state index contributed by atoms with van der Waals surface area (Å²) in [5, 5.41) is 6.07. The van der Waals surface area contributed by atoms with Crippen LogP contribution in [0, 0.1) is 20.8 Å². The summed E-state index contributed by atoms with van der Waals surface area (Å²) in [6, 6.07) is 5.58. The van der Waals surface area contributed by atoms with Gasteiger partial charge in [-0.05, 0) is 48.4 Å². The first-order valence-electron chi connectivity index (χ1n) is 8.41. The Morgan fingerprint density at radius 1 is 1.12 bits per heavy atom. The van der Waals surface area contributed by atoms with Gasteiger partial charge in [0.1, 0.15) is 11.5 Å². The number of sulfone groups is 1. The fourth-order valence-electron chi connectivity index (χ4n) is 2.73. The Hall–Kier alpha value is -2.15. The van der Waals surface area contributed by atoms with E-state index in [-0.39, 0.29) is 17.0 Å². The van der Waals surface area contributed by atoms with E-state index in [9.17, 15) is 13.2 Å². The molecule has 0 spiro atoms. The quantitative estimate of drug-likeness (QED) is 0.861. The summed E-state index contributed by atoms with van der Waals surface area (Å²) >= 11 is 0. The van der Waals surface area contributed by atoms with Crippen LogP contribution in [0.3, 0.4) is 0 Å². The van der Waals surface area contributed by atoms with Gasteiger partial charge >= 0.3 is 0 Å². The lowest BCUT2D eigenvalue weighted by Gasteiger charge is -2.22. The zero-order valence-electron chi connectivity index (χ0n) is 16.1. The fraction of sp³-hybridized carbons (Fsp3) is 0.474. The molecule has 1 N–H and O–H groups in total. The molecule has 1 amide bonds. The van der Waals surface area contributed by atoms with Gasteiger partial charge in [-0.2, -0.15) is 0 Å². The molecule has 2 rings (SSSR count). The molecule has 1 aromatic heterocycles. The molecule has 0 fully saturated rings. The van der Waals surface area contributed by atoms with Crippen molar-refractivity contribution in [1.29, 1.82) is 0 Å². The van der Waals surface area contributed by atoms with E-state index in [0.717, 1.165) is 22.3 Å². The molecule has 0 bridgehead atoms. The van der Waals surface area contributed by atoms with Crippen LogP contribution in [0.2, 0.25) is 0 Å². The lowest BCUT2D eigenvalue weighted by molar-refractivity contribution is -0.113. The van der Waals surface area contributed by atoms with Crippen LogP contribution in [0.4, 0.5) is 5.82 Å². The van der Waals surface area contributed by atoms with E-state index < -0.39 is 21.5 Å². The average Bonchev–Trinajstić information content (AvgIpc) is 2.86. The highest BCUT2D eigenvalue weighted by Crippen LogP contribution is 2.28. The monoisotopic (exact) mass is 378 g/mol. The number of aromatic nitrogens is 1. The van der Waals surface area contributed by atoms with Crippen molar-refractivity contribution in [2.75, 3.05) is 11.1 Å². The van der Waals surface area contributed by atoms with Crippen LogP contribution < -0.4 is 5.32 Å². The third-order valence-corrected chi connectivity index (χ3v) is 5.60. The smallest absolute Gasteiger partial charge is 0.240 e. The molecule has 0 radical (unpaired) electrons. The first-order valence-corrected chi connectivity index (χ1v) is 10.2. The van der Waals surface area contributed by atoms with Crippen LogP contribution in [-0.2, 0) is 25.8 Å². The fourth-order valence-corrected chi connectivity index (χ4v) is 4.20. The number of carbonyl (C=O) groups is 1. The molecular formula is C19H26N2O4S. The Kier molecular flexibility index (Phi) is 5.61. The molecule has 0 saturated carbocycles. The normalized spacial score (nSPS) is 12.2. The zero-order chi connectivity index (χ0) is 19.7. The van der Waals surface area contributed by atoms with Gasteiger partial charge in [0.25, 0.3) is 0 Å². The Morgan fingerprint density at radius 2 is 1.69 bits per heavy atom. The van der Waals surface area contributed by atoms with E-state index in [4.69, 9.17) is 4.52 Å². The lowest BCUT2D eigenvalue weighted by atomic mass is 9.84. The standard InChI is InChI=1S/C19H26N2O4S/c1-12-7-15(19(4,5)6)8-13(2)16(12)10-26(23,24)11-18(22)20-17-9-14(3)25-21-17/h7-9H,10-11H2,1-6H3,(H,20,21,22). The van der Waals surface area contributed by atoms with Gasteiger partial charge in [-0.15, -0.1) is 0 Å². The van der Waals surface area contributed by atoms with E-state index in [0.29, 0.717) is 5.76 Å². The second-order valence-corrected chi connectivity index (χ2v) is 9.81. The van der Waals surface area contributed by atoms with Gasteiger partial charge in [-0.1, -0.05) is 38.1 Å². The molecule has 7 heteroatoms. The van der Waals surface area contributed by atoms with Gasteiger partial charge in [-0.3, -0.25) is 4.79 Å². The number of amides is 1. The molecule has 142 valence electrons. The highest BCUT2D eigenvalue weighted by atomic mass is 32.2. The maximum absolute atomic E-state index is 12.5. The first-order chi connectivity index (χ1) is 11.9. The molecule has 1 aromatic carbocycles. The van der Waals surface area contributed by atoms with E-state index in [1.807, 2.05) is 26.0 Å². The van der Waals surface area contributed by atoms with Crippen molar-refractivity contribution >= 4 is 21.6 Å². The van der Waals surface area contributed by atoms with Crippen molar-refractivity contribution in [3.8, 4) is 0 Å². The average molecular weight is 378 g/mol. The van der Waals surface area contributed by atoms with E-state index in [1.165, 1.54) is 6.07 Å². The molecule has 2 aromatic rings. The Morgan fingerprint density at radius 3 is 2.15 bits per heavy atom. The van der Waals surface area contributed by atoms with Gasteiger partial charge < -0.3 is 9.84 Å². The van der Waals surface area contributed by atoms with Crippen molar-refractivity contribution in [3.63, 3.8) is 0 Å². The Balaban J connectivity index is 2.15. The summed E-state index contributed by atoms with van der Waals surface area (Å²) in [7, 11) is -3.61. The summed E-state index contributed by atoms with van der Waals surface area (Å²) < 4.78 is 29.8. The molecule has 0 unspecified atom stereocenters. The van der Waals surface area contributed by atoms with E-state index in [1.54, 1.807) is 6.92 Å². The van der Waals surface area contributed by atoms with Crippen LogP contribution in [0.1, 0.15) is 48.8 Å². The summed E-state index contributed by atoms with van der Waals surface area (Å²) in [5.74, 6) is -0.642. The zero-order valence-corrected chi connectivity index (χ0v) is 17.0. The largest absolute Gasteiger partial charge is 0.360 e. The highest BCUT2D eigenvalue weighted by Gasteiger charge is 2.22. The van der Waals surface area contributed by atoms with Crippen molar-refractivity contribution in [2.24, 2.45) is 0 Å². The second-order valence-electron chi connectivity index (χ2n) is 7.74. The van der Waals surface area contributed by atoms with Crippen molar-refractivity contribution in [3.05, 3.63) is 46.2 Å². The molecule has 0 aliphatic rings. The molecule has 0 aliphatic carbocycles. The summed E-state index contributed by atoms with van der Waals surface area (Å²) in [5.41, 5.74) is 3.75. The molecule has 0 aliphatic heterocycles. The van der Waals surface area contributed by atoms with Gasteiger partial charge in [0.15, 0.2) is 15.7 Å². The molecule has 26 heavy (non-hydrogen) atoms. The number of hydrogen-bond donors (Lipinski definition) is 1. The number of benzene rings is 1. The number of nitrogens with zero attached hydrogens (tertiary/aromatic N) is 1. The molecular weight excluding hydrogens is 352 g/mol. The summed E-state index contributed by atoms with van der Waals surface area (Å²) in [6.45, 7) is 11.9. The molecule has 1 heterocycles. The van der Waals surface area contributed by atoms with Crippen molar-refractivity contribution in [1.82, 2.24) is 5.16 Å². The van der Waals surface area contributed by atoms with Crippen LogP contribution in [0.5, 0.6) is 0 Å². The van der Waals surface area contributed by atoms with Crippen LogP contribution in [0.15, 0.2) is 22.7 Å². The minimum atomic E-state index is -3.61. The van der Waals surface area contributed by atoms with Crippen molar-refractivity contribution in [2.45, 2.75) is 52.7 Å². The lowest BCUT2D eigenvalue weighted by Crippen LogP contribution is -2.24. The topological polar surface area (TPSA) is 89.3 Å². The SMILES string of the molecule is Cc1cc(NC(=O)CS(=O)(=O)Cc2c(C)cc(C(C)(C)C)cc2C)no1. The number of rotatable bonds is 5. The number of anilines is 1. The number of nitrogens with one attached hydrogen (secondary N) is 1. The van der Waals surface area contributed by atoms with Gasteiger partial charge in [0.05, 0.1) is 5.75 Å². The predicted octanol–water partition coefficient (Wildman–Crippen LogP) is 3.45. The van der Waals surface area contributed by atoms with Crippen molar-refractivity contribution < 1.29 is 17.7 Å². The summed E-state index contributed by atoms with van der Waals surface area (Å²) in [6.07, 6.45) is 0. The Labute approximate surface area is 154 Å². The highest BCUT2D eigenvalue weighted by molar-refractivity contribution is 7.91. The minimum absolute atomic E-state index is 0.0114. The molecule has 0 saturated heterocycles. The number of aryl methyl sites for hydroxylation is 3. The van der Waals surface area contributed by atoms with Crippen LogP contribution >= 0.6 is 0 Å².